The number of hydrogen-bond donors (Lipinski definition) is 2. The van der Waals surface area contributed by atoms with Gasteiger partial charge in [-0.3, -0.25) is 4.79 Å². The van der Waals surface area contributed by atoms with Gasteiger partial charge in [-0.2, -0.15) is 5.10 Å². The van der Waals surface area contributed by atoms with Gasteiger partial charge in [0.05, 0.1) is 28.8 Å². The number of hydrogen-bond acceptors (Lipinski definition) is 5. The van der Waals surface area contributed by atoms with Crippen LogP contribution in [0.2, 0.25) is 5.02 Å². The highest BCUT2D eigenvalue weighted by molar-refractivity contribution is 6.30. The second-order valence-corrected chi connectivity index (χ2v) is 8.04. The Morgan fingerprint density at radius 1 is 1.40 bits per heavy atom. The van der Waals surface area contributed by atoms with E-state index < -0.39 is 11.9 Å². The van der Waals surface area contributed by atoms with Crippen LogP contribution in [0.1, 0.15) is 43.9 Å². The van der Waals surface area contributed by atoms with Crippen LogP contribution in [0.15, 0.2) is 42.9 Å². The van der Waals surface area contributed by atoms with Gasteiger partial charge < -0.3 is 10.4 Å². The van der Waals surface area contributed by atoms with Crippen molar-refractivity contribution >= 4 is 34.4 Å². The van der Waals surface area contributed by atoms with Gasteiger partial charge in [0, 0.05) is 5.57 Å². The monoisotopic (exact) mass is 429 g/mol. The molecule has 0 radical (unpaired) electrons. The molecule has 0 bridgehead atoms. The summed E-state index contributed by atoms with van der Waals surface area (Å²) in [5, 5.41) is 18.6. The molecule has 7 nitrogen and oxygen atoms in total. The largest absolute Gasteiger partial charge is 0.388 e. The van der Waals surface area contributed by atoms with Crippen LogP contribution in [0.4, 0.5) is 10.2 Å². The molecule has 1 aliphatic carbocycles. The van der Waals surface area contributed by atoms with Crippen LogP contribution in [0, 0.1) is 11.7 Å². The number of carbonyl (C=O) groups excluding carboxylic acids is 1. The lowest BCUT2D eigenvalue weighted by molar-refractivity contribution is -0.112. The number of aromatic nitrogens is 4. The number of carbonyl (C=O) groups is 1. The second-order valence-electron chi connectivity index (χ2n) is 7.63. The Balaban J connectivity index is 1.55. The minimum absolute atomic E-state index is 0.0267. The Labute approximate surface area is 177 Å². The van der Waals surface area contributed by atoms with E-state index in [0.29, 0.717) is 34.4 Å². The summed E-state index contributed by atoms with van der Waals surface area (Å²) in [4.78, 5) is 20.4. The van der Waals surface area contributed by atoms with Gasteiger partial charge in [0.15, 0.2) is 5.65 Å². The van der Waals surface area contributed by atoms with E-state index in [9.17, 15) is 14.3 Å². The van der Waals surface area contributed by atoms with E-state index in [1.807, 2.05) is 4.68 Å². The molecule has 0 spiro atoms. The molecule has 9 heteroatoms. The minimum Gasteiger partial charge on any atom is -0.388 e. The van der Waals surface area contributed by atoms with Gasteiger partial charge in [0.1, 0.15) is 18.0 Å². The van der Waals surface area contributed by atoms with Crippen molar-refractivity contribution in [3.63, 3.8) is 0 Å². The van der Waals surface area contributed by atoms with Crippen molar-refractivity contribution in [1.82, 2.24) is 19.7 Å². The van der Waals surface area contributed by atoms with E-state index in [2.05, 4.69) is 27.0 Å². The van der Waals surface area contributed by atoms with Crippen LogP contribution >= 0.6 is 11.6 Å². The third-order valence-corrected chi connectivity index (χ3v) is 5.84. The predicted molar refractivity (Wildman–Crippen MR) is 112 cm³/mol. The van der Waals surface area contributed by atoms with Gasteiger partial charge in [-0.25, -0.2) is 19.0 Å². The second kappa shape index (κ2) is 8.12. The van der Waals surface area contributed by atoms with Gasteiger partial charge in [-0.05, 0) is 49.8 Å². The summed E-state index contributed by atoms with van der Waals surface area (Å²) >= 11 is 5.74. The van der Waals surface area contributed by atoms with Gasteiger partial charge in [0.25, 0.3) is 5.91 Å². The first kappa shape index (κ1) is 20.4. The number of nitrogens with zero attached hydrogens (tertiary/aromatic N) is 4. The van der Waals surface area contributed by atoms with Crippen molar-refractivity contribution in [2.24, 2.45) is 5.92 Å². The number of anilines is 1. The van der Waals surface area contributed by atoms with Gasteiger partial charge in [0.2, 0.25) is 0 Å². The number of rotatable bonds is 5. The Bertz CT molecular complexity index is 1130. The van der Waals surface area contributed by atoms with E-state index in [1.54, 1.807) is 19.2 Å². The van der Waals surface area contributed by atoms with Crippen LogP contribution in [-0.4, -0.2) is 30.8 Å². The van der Waals surface area contributed by atoms with Crippen LogP contribution < -0.4 is 5.32 Å². The molecule has 1 saturated carbocycles. The standard InChI is InChI=1S/C21H21ClFN5O2/c1-11(2)21(30)27-19-15-9-26-28(20(15)25-10-24-19)14-5-3-12(7-14)18(29)13-4-6-16(22)17(23)8-13/h4,6,8-10,12,14,18,29H,1,3,5,7H2,2H3,(H,24,25,27,30). The molecule has 3 unspecified atom stereocenters. The summed E-state index contributed by atoms with van der Waals surface area (Å²) in [6.07, 6.45) is 4.45. The minimum atomic E-state index is -0.788. The molecule has 3 atom stereocenters. The molecule has 1 fully saturated rings. The Kier molecular flexibility index (Phi) is 5.53. The fourth-order valence-electron chi connectivity index (χ4n) is 3.91. The number of benzene rings is 1. The zero-order valence-electron chi connectivity index (χ0n) is 16.3. The van der Waals surface area contributed by atoms with Crippen molar-refractivity contribution in [3.8, 4) is 0 Å². The highest BCUT2D eigenvalue weighted by Crippen LogP contribution is 2.42. The Morgan fingerprint density at radius 2 is 2.20 bits per heavy atom. The van der Waals surface area contributed by atoms with Crippen molar-refractivity contribution in [3.05, 3.63) is 59.3 Å². The maximum atomic E-state index is 13.8. The molecule has 4 rings (SSSR count). The summed E-state index contributed by atoms with van der Waals surface area (Å²) < 4.78 is 15.6. The fourth-order valence-corrected chi connectivity index (χ4v) is 4.03. The van der Waals surface area contributed by atoms with E-state index in [-0.39, 0.29) is 22.9 Å². The summed E-state index contributed by atoms with van der Waals surface area (Å²) in [6, 6.07) is 4.42. The molecule has 3 aromatic rings. The topological polar surface area (TPSA) is 92.9 Å². The molecule has 156 valence electrons. The molecule has 1 amide bonds. The van der Waals surface area contributed by atoms with E-state index in [4.69, 9.17) is 11.6 Å². The average Bonchev–Trinajstić information content (AvgIpc) is 3.37. The molecule has 2 aromatic heterocycles. The van der Waals surface area contributed by atoms with Crippen molar-refractivity contribution < 1.29 is 14.3 Å². The zero-order valence-corrected chi connectivity index (χ0v) is 17.1. The van der Waals surface area contributed by atoms with Crippen molar-refractivity contribution in [1.29, 1.82) is 0 Å². The van der Waals surface area contributed by atoms with E-state index >= 15 is 0 Å². The van der Waals surface area contributed by atoms with Crippen molar-refractivity contribution in [2.75, 3.05) is 5.32 Å². The lowest BCUT2D eigenvalue weighted by Gasteiger charge is -2.19. The zero-order chi connectivity index (χ0) is 21.4. The number of aliphatic hydroxyl groups is 1. The number of amides is 1. The first-order valence-corrected chi connectivity index (χ1v) is 10.0. The number of fused-ring (bicyclic) bond motifs is 1. The van der Waals surface area contributed by atoms with Crippen LogP contribution in [0.3, 0.4) is 0 Å². The maximum absolute atomic E-state index is 13.8. The number of aliphatic hydroxyl groups excluding tert-OH is 1. The lowest BCUT2D eigenvalue weighted by Crippen LogP contribution is -2.14. The summed E-state index contributed by atoms with van der Waals surface area (Å²) in [5.41, 5.74) is 1.50. The first-order valence-electron chi connectivity index (χ1n) is 9.63. The quantitative estimate of drug-likeness (QED) is 0.592. The normalized spacial score (nSPS) is 19.7. The van der Waals surface area contributed by atoms with E-state index in [1.165, 1.54) is 18.5 Å². The van der Waals surface area contributed by atoms with Crippen LogP contribution in [0.5, 0.6) is 0 Å². The molecule has 30 heavy (non-hydrogen) atoms. The molecule has 0 saturated heterocycles. The molecule has 2 heterocycles. The molecule has 1 aliphatic rings. The van der Waals surface area contributed by atoms with Gasteiger partial charge in [-0.15, -0.1) is 0 Å². The highest BCUT2D eigenvalue weighted by atomic mass is 35.5. The summed E-state index contributed by atoms with van der Waals surface area (Å²) in [6.45, 7) is 5.25. The smallest absolute Gasteiger partial charge is 0.251 e. The molecular formula is C21H21ClFN5O2. The third-order valence-electron chi connectivity index (χ3n) is 5.53. The van der Waals surface area contributed by atoms with Crippen molar-refractivity contribution in [2.45, 2.75) is 38.3 Å². The highest BCUT2D eigenvalue weighted by Gasteiger charge is 2.33. The average molecular weight is 430 g/mol. The molecule has 2 N–H and O–H groups in total. The predicted octanol–water partition coefficient (Wildman–Crippen LogP) is 4.21. The number of halogens is 2. The fraction of sp³-hybridized carbons (Fsp3) is 0.333. The molecule has 1 aromatic carbocycles. The Morgan fingerprint density at radius 3 is 2.93 bits per heavy atom. The van der Waals surface area contributed by atoms with Gasteiger partial charge in [-0.1, -0.05) is 24.2 Å². The van der Waals surface area contributed by atoms with E-state index in [0.717, 1.165) is 12.8 Å². The third kappa shape index (κ3) is 3.80. The maximum Gasteiger partial charge on any atom is 0.251 e. The Hall–Kier alpha value is -2.84. The van der Waals surface area contributed by atoms with Crippen LogP contribution in [0.25, 0.3) is 11.0 Å². The van der Waals surface area contributed by atoms with Gasteiger partial charge >= 0.3 is 0 Å². The lowest BCUT2D eigenvalue weighted by atomic mass is 9.94. The first-order chi connectivity index (χ1) is 14.3. The number of nitrogens with one attached hydrogen (secondary N) is 1. The van der Waals surface area contributed by atoms with Crippen LogP contribution in [-0.2, 0) is 4.79 Å². The summed E-state index contributed by atoms with van der Waals surface area (Å²) in [5.74, 6) is -0.520. The summed E-state index contributed by atoms with van der Waals surface area (Å²) in [7, 11) is 0. The molecule has 0 aliphatic heterocycles. The molecular weight excluding hydrogens is 409 g/mol. The SMILES string of the molecule is C=C(C)C(=O)Nc1ncnc2c1cnn2C1CCC(C(O)c2ccc(Cl)c(F)c2)C1.